The second kappa shape index (κ2) is 28.5. The molecule has 0 saturated heterocycles. The largest absolute Gasteiger partial charge is 0.248 e. The fourth-order valence-corrected chi connectivity index (χ4v) is 12.2. The van der Waals surface area contributed by atoms with Gasteiger partial charge in [-0.2, -0.15) is 0 Å². The minimum Gasteiger partial charge on any atom is -0.248 e. The van der Waals surface area contributed by atoms with Gasteiger partial charge >= 0.3 is 0 Å². The van der Waals surface area contributed by atoms with Gasteiger partial charge in [0.15, 0.2) is 5.41 Å². The van der Waals surface area contributed by atoms with Crippen LogP contribution in [0.5, 0.6) is 0 Å². The van der Waals surface area contributed by atoms with Crippen LogP contribution in [-0.4, -0.2) is 9.97 Å². The van der Waals surface area contributed by atoms with Crippen molar-refractivity contribution in [3.8, 4) is 163 Å². The van der Waals surface area contributed by atoms with Gasteiger partial charge < -0.3 is 0 Å². The summed E-state index contributed by atoms with van der Waals surface area (Å²) in [5, 5.41) is 0. The van der Waals surface area contributed by atoms with E-state index in [1.54, 1.807) is 22.7 Å². The van der Waals surface area contributed by atoms with Crippen LogP contribution in [0.3, 0.4) is 0 Å². The second-order valence-electron chi connectivity index (χ2n) is 16.1. The molecule has 2 aliphatic carbocycles. The molecule has 0 saturated carbocycles. The second-order valence-corrected chi connectivity index (χ2v) is 18.8. The van der Waals surface area contributed by atoms with Gasteiger partial charge in [-0.15, -0.1) is 46.9 Å². The summed E-state index contributed by atoms with van der Waals surface area (Å²) in [5.74, 6) is 60.9. The van der Waals surface area contributed by atoms with Crippen molar-refractivity contribution in [2.45, 2.75) is 166 Å². The molecule has 0 atom stereocenters. The van der Waals surface area contributed by atoms with Crippen LogP contribution >= 0.6 is 34.0 Å². The van der Waals surface area contributed by atoms with E-state index in [0.717, 1.165) is 41.8 Å². The average Bonchev–Trinajstić information content (AvgIpc) is 4.15. The molecule has 0 aromatic carbocycles. The highest BCUT2D eigenvalue weighted by Crippen LogP contribution is 2.66. The summed E-state index contributed by atoms with van der Waals surface area (Å²) in [6, 6.07) is 0. The van der Waals surface area contributed by atoms with Crippen molar-refractivity contribution in [2.24, 2.45) is 0 Å². The molecule has 3 aromatic heterocycles. The number of aromatic nitrogens is 2. The molecule has 322 valence electrons. The summed E-state index contributed by atoms with van der Waals surface area (Å²) in [6.45, 7) is 4.57. The molecule has 5 rings (SSSR count). The van der Waals surface area contributed by atoms with Crippen molar-refractivity contribution in [1.29, 1.82) is 0 Å². The minimum absolute atomic E-state index is 0.256. The third-order valence-electron chi connectivity index (χ3n) is 11.7. The predicted molar refractivity (Wildman–Crippen MR) is 276 cm³/mol. The number of hydrogen-bond donors (Lipinski definition) is 0. The van der Waals surface area contributed by atoms with Crippen LogP contribution < -0.4 is 0 Å². The number of thiazole rings is 2. The summed E-state index contributed by atoms with van der Waals surface area (Å²) in [5.41, 5.74) is 7.17. The number of nitrogens with zero attached hydrogens (tertiary/aromatic N) is 2. The monoisotopic (exact) mass is 898 g/mol. The lowest BCUT2D eigenvalue weighted by molar-refractivity contribution is 0.387. The molecule has 65 heavy (non-hydrogen) atoms. The predicted octanol–water partition coefficient (Wildman–Crippen LogP) is 13.1. The van der Waals surface area contributed by atoms with Crippen LogP contribution in [0.2, 0.25) is 0 Å². The molecule has 0 N–H and O–H groups in total. The molecular weight excluding hydrogens is 845 g/mol. The van der Waals surface area contributed by atoms with Crippen LogP contribution in [0.15, 0.2) is 11.0 Å². The van der Waals surface area contributed by atoms with E-state index < -0.39 is 5.41 Å². The molecule has 0 fully saturated rings. The van der Waals surface area contributed by atoms with Crippen molar-refractivity contribution >= 4 is 34.0 Å². The fraction of sp³-hybridized carbons (Fsp3) is 0.433. The van der Waals surface area contributed by atoms with Gasteiger partial charge in [0, 0.05) is 11.0 Å². The molecular formula is C60H54N2S3. The van der Waals surface area contributed by atoms with Crippen molar-refractivity contribution in [1.82, 2.24) is 9.97 Å². The van der Waals surface area contributed by atoms with E-state index in [0.29, 0.717) is 0 Å². The quantitative estimate of drug-likeness (QED) is 0.0742. The van der Waals surface area contributed by atoms with Crippen LogP contribution in [0.4, 0.5) is 0 Å². The van der Waals surface area contributed by atoms with Gasteiger partial charge in [-0.3, -0.25) is 0 Å². The highest BCUT2D eigenvalue weighted by molar-refractivity contribution is 7.26. The molecule has 0 spiro atoms. The Labute approximate surface area is 403 Å². The van der Waals surface area contributed by atoms with E-state index in [9.17, 15) is 0 Å². The third kappa shape index (κ3) is 13.8. The van der Waals surface area contributed by atoms with Gasteiger partial charge in [0.1, 0.15) is 0 Å². The maximum Gasteiger partial charge on any atom is 0.164 e. The lowest BCUT2D eigenvalue weighted by atomic mass is 9.68. The number of hydrogen-bond acceptors (Lipinski definition) is 5. The van der Waals surface area contributed by atoms with Crippen molar-refractivity contribution in [3.63, 3.8) is 0 Å². The summed E-state index contributed by atoms with van der Waals surface area (Å²) in [4.78, 5) is 15.1. The first kappa shape index (κ1) is 49.7. The summed E-state index contributed by atoms with van der Waals surface area (Å²) in [7, 11) is 0. The van der Waals surface area contributed by atoms with E-state index in [2.05, 4.69) is 150 Å². The lowest BCUT2D eigenvalue weighted by Crippen LogP contribution is -2.31. The molecule has 3 heterocycles. The Kier molecular flexibility index (Phi) is 21.8. The van der Waals surface area contributed by atoms with Gasteiger partial charge in [0.05, 0.1) is 41.9 Å². The smallest absolute Gasteiger partial charge is 0.164 e. The fourth-order valence-electron chi connectivity index (χ4n) is 8.70. The first-order valence-corrected chi connectivity index (χ1v) is 25.8. The standard InChI is InChI=1S/C60H54N2S3/c1-5-9-13-17-21-25-29-33-37-41-45-59(46-42-38-34-30-26-22-18-14-10-6-2)51-52-54(65-53(51)55-57(59)61-49-63-55)56-58(62-50-64-56)60(52,47-43-39-35-31-27-23-19-15-11-7-3)48-44-40-36-32-28-24-20-16-12-8-4/h1-2,49-50H,7-8,11-12,15-16,19-20,23-24,27-28,31-32,35-36,39-40,43-44,47-48H2,3-4H3. The first-order chi connectivity index (χ1) is 32.2. The number of fused-ring (bicyclic) bond motifs is 7. The average molecular weight is 899 g/mol. The minimum atomic E-state index is -1.08. The highest BCUT2D eigenvalue weighted by Gasteiger charge is 2.56. The van der Waals surface area contributed by atoms with Crippen LogP contribution in [0.25, 0.3) is 19.5 Å². The van der Waals surface area contributed by atoms with Crippen LogP contribution in [-0.2, 0) is 10.8 Å². The third-order valence-corrected chi connectivity index (χ3v) is 14.8. The summed E-state index contributed by atoms with van der Waals surface area (Å²) < 4.78 is 0. The normalized spacial score (nSPS) is 11.6. The Morgan fingerprint density at radius 2 is 0.738 bits per heavy atom. The van der Waals surface area contributed by atoms with Gasteiger partial charge in [-0.05, 0) is 137 Å². The zero-order chi connectivity index (χ0) is 45.7. The molecule has 0 radical (unpaired) electrons. The molecule has 0 amide bonds. The zero-order valence-corrected chi connectivity index (χ0v) is 40.4. The van der Waals surface area contributed by atoms with Crippen molar-refractivity contribution in [2.75, 3.05) is 0 Å². The van der Waals surface area contributed by atoms with Gasteiger partial charge in [-0.1, -0.05) is 154 Å². The van der Waals surface area contributed by atoms with Crippen LogP contribution in [0.1, 0.15) is 178 Å². The van der Waals surface area contributed by atoms with Gasteiger partial charge in [0.2, 0.25) is 0 Å². The summed E-state index contributed by atoms with van der Waals surface area (Å²) in [6.07, 6.45) is 38.3. The topological polar surface area (TPSA) is 25.8 Å². The molecule has 2 aliphatic rings. The number of rotatable bonds is 22. The Bertz CT molecular complexity index is 2740. The first-order valence-electron chi connectivity index (χ1n) is 23.2. The summed E-state index contributed by atoms with van der Waals surface area (Å²) >= 11 is 5.26. The van der Waals surface area contributed by atoms with E-state index in [1.807, 2.05) is 16.8 Å². The SMILES string of the molecule is C#CC#CC#CC#CC#CC#CC1(C#CC#CC#CC#CC#CC#C)c2ncsc2-c2sc3c(c21)C(CCCCCCCCCCCC)(CCCCCCCCCCCC)c1ncsc1-3. The molecule has 2 nitrogen and oxygen atoms in total. The van der Waals surface area contributed by atoms with Gasteiger partial charge in [-0.25, -0.2) is 9.97 Å². The number of terminal acetylenes is 2. The Hall–Kier alpha value is -6.32. The van der Waals surface area contributed by atoms with Crippen LogP contribution in [0, 0.1) is 143 Å². The number of unbranched alkanes of at least 4 members (excludes halogenated alkanes) is 18. The van der Waals surface area contributed by atoms with E-state index in [-0.39, 0.29) is 5.41 Å². The number of thiophene rings is 1. The van der Waals surface area contributed by atoms with E-state index in [1.165, 1.54) is 141 Å². The Morgan fingerprint density at radius 3 is 1.15 bits per heavy atom. The molecule has 3 aromatic rings. The maximum atomic E-state index is 5.24. The van der Waals surface area contributed by atoms with Gasteiger partial charge in [0.25, 0.3) is 0 Å². The molecule has 0 bridgehead atoms. The van der Waals surface area contributed by atoms with E-state index >= 15 is 0 Å². The highest BCUT2D eigenvalue weighted by atomic mass is 32.1. The van der Waals surface area contributed by atoms with E-state index in [4.69, 9.17) is 22.8 Å². The Balaban J connectivity index is 1.55. The van der Waals surface area contributed by atoms with Crippen molar-refractivity contribution in [3.05, 3.63) is 33.5 Å². The maximum absolute atomic E-state index is 5.24. The van der Waals surface area contributed by atoms with Crippen molar-refractivity contribution < 1.29 is 0 Å². The zero-order valence-electron chi connectivity index (χ0n) is 38.0. The molecule has 5 heteroatoms. The molecule has 0 aliphatic heterocycles. The lowest BCUT2D eigenvalue weighted by Gasteiger charge is -2.33. The Morgan fingerprint density at radius 1 is 0.400 bits per heavy atom. The molecule has 0 unspecified atom stereocenters.